The first kappa shape index (κ1) is 12.7. The minimum atomic E-state index is 0.240. The zero-order valence-electron chi connectivity index (χ0n) is 10.5. The molecule has 1 heterocycles. The fraction of sp³-hybridized carbons (Fsp3) is 0.571. The van der Waals surface area contributed by atoms with E-state index in [-0.39, 0.29) is 6.04 Å². The molecular formula is C14H21ClN2. The average Bonchev–Trinajstić information content (AvgIpc) is 2.82. The fourth-order valence-electron chi connectivity index (χ4n) is 2.34. The Morgan fingerprint density at radius 1 is 1.35 bits per heavy atom. The Bertz CT molecular complexity index is 372. The summed E-state index contributed by atoms with van der Waals surface area (Å²) >= 11 is 6.35. The van der Waals surface area contributed by atoms with Gasteiger partial charge in [-0.25, -0.2) is 0 Å². The van der Waals surface area contributed by atoms with Crippen molar-refractivity contribution in [3.63, 3.8) is 0 Å². The van der Waals surface area contributed by atoms with Crippen molar-refractivity contribution in [1.82, 2.24) is 0 Å². The van der Waals surface area contributed by atoms with Crippen LogP contribution in [0.15, 0.2) is 18.2 Å². The van der Waals surface area contributed by atoms with E-state index < -0.39 is 0 Å². The molecule has 2 rings (SSSR count). The Kier molecular flexibility index (Phi) is 4.30. The summed E-state index contributed by atoms with van der Waals surface area (Å²) in [6.45, 7) is 4.38. The summed E-state index contributed by atoms with van der Waals surface area (Å²) in [6, 6.07) is 6.62. The van der Waals surface area contributed by atoms with E-state index in [1.54, 1.807) is 0 Å². The zero-order valence-corrected chi connectivity index (χ0v) is 11.2. The third-order valence-electron chi connectivity index (χ3n) is 3.48. The highest BCUT2D eigenvalue weighted by Gasteiger charge is 2.15. The van der Waals surface area contributed by atoms with Crippen molar-refractivity contribution in [3.8, 4) is 0 Å². The van der Waals surface area contributed by atoms with Gasteiger partial charge in [0.1, 0.15) is 0 Å². The minimum Gasteiger partial charge on any atom is -0.370 e. The van der Waals surface area contributed by atoms with Gasteiger partial charge in [-0.3, -0.25) is 0 Å². The Morgan fingerprint density at radius 3 is 2.65 bits per heavy atom. The molecule has 3 heteroatoms. The lowest BCUT2D eigenvalue weighted by Crippen LogP contribution is -2.21. The van der Waals surface area contributed by atoms with Gasteiger partial charge in [0, 0.05) is 19.1 Å². The van der Waals surface area contributed by atoms with Crippen LogP contribution in [0.5, 0.6) is 0 Å². The van der Waals surface area contributed by atoms with Gasteiger partial charge in [0.2, 0.25) is 0 Å². The van der Waals surface area contributed by atoms with E-state index in [9.17, 15) is 0 Å². The van der Waals surface area contributed by atoms with E-state index in [2.05, 4.69) is 30.0 Å². The van der Waals surface area contributed by atoms with Crippen molar-refractivity contribution in [2.45, 2.75) is 38.6 Å². The molecule has 2 nitrogen and oxygen atoms in total. The number of hydrogen-bond donors (Lipinski definition) is 1. The molecule has 1 aliphatic heterocycles. The molecule has 1 atom stereocenters. The van der Waals surface area contributed by atoms with E-state index in [4.69, 9.17) is 17.3 Å². The molecule has 1 unspecified atom stereocenters. The predicted octanol–water partition coefficient (Wildman–Crippen LogP) is 3.22. The lowest BCUT2D eigenvalue weighted by molar-refractivity contribution is 0.646. The van der Waals surface area contributed by atoms with Crippen LogP contribution in [0.25, 0.3) is 0 Å². The van der Waals surface area contributed by atoms with Gasteiger partial charge < -0.3 is 10.6 Å². The normalized spacial score (nSPS) is 17.5. The SMILES string of the molecule is CCC(N)Cc1ccc(N2CCCC2)c(Cl)c1. The second-order valence-electron chi connectivity index (χ2n) is 4.85. The summed E-state index contributed by atoms with van der Waals surface area (Å²) in [7, 11) is 0. The molecule has 2 N–H and O–H groups in total. The molecular weight excluding hydrogens is 232 g/mol. The van der Waals surface area contributed by atoms with Crippen LogP contribution in [0.2, 0.25) is 5.02 Å². The van der Waals surface area contributed by atoms with Crippen LogP contribution < -0.4 is 10.6 Å². The number of anilines is 1. The Morgan fingerprint density at radius 2 is 2.06 bits per heavy atom. The summed E-state index contributed by atoms with van der Waals surface area (Å²) in [4.78, 5) is 2.37. The van der Waals surface area contributed by atoms with Crippen molar-refractivity contribution in [2.75, 3.05) is 18.0 Å². The number of nitrogens with two attached hydrogens (primary N) is 1. The van der Waals surface area contributed by atoms with Gasteiger partial charge in [0.25, 0.3) is 0 Å². The van der Waals surface area contributed by atoms with Crippen LogP contribution in [-0.4, -0.2) is 19.1 Å². The Labute approximate surface area is 109 Å². The molecule has 17 heavy (non-hydrogen) atoms. The monoisotopic (exact) mass is 252 g/mol. The van der Waals surface area contributed by atoms with E-state index in [0.29, 0.717) is 0 Å². The van der Waals surface area contributed by atoms with Gasteiger partial charge in [-0.1, -0.05) is 24.6 Å². The van der Waals surface area contributed by atoms with E-state index in [0.717, 1.165) is 31.0 Å². The largest absolute Gasteiger partial charge is 0.370 e. The van der Waals surface area contributed by atoms with Crippen LogP contribution in [0.3, 0.4) is 0 Å². The summed E-state index contributed by atoms with van der Waals surface area (Å²) in [5, 5.41) is 0.868. The molecule has 0 saturated carbocycles. The number of hydrogen-bond acceptors (Lipinski definition) is 2. The van der Waals surface area contributed by atoms with Gasteiger partial charge in [-0.15, -0.1) is 0 Å². The van der Waals surface area contributed by atoms with Crippen molar-refractivity contribution in [2.24, 2.45) is 5.73 Å². The highest BCUT2D eigenvalue weighted by atomic mass is 35.5. The molecule has 0 amide bonds. The minimum absolute atomic E-state index is 0.240. The molecule has 1 fully saturated rings. The lowest BCUT2D eigenvalue weighted by Gasteiger charge is -2.20. The second-order valence-corrected chi connectivity index (χ2v) is 5.26. The first-order valence-corrected chi connectivity index (χ1v) is 6.87. The third-order valence-corrected chi connectivity index (χ3v) is 3.78. The number of nitrogens with zero attached hydrogens (tertiary/aromatic N) is 1. The molecule has 1 saturated heterocycles. The lowest BCUT2D eigenvalue weighted by atomic mass is 10.0. The van der Waals surface area contributed by atoms with Crippen molar-refractivity contribution < 1.29 is 0 Å². The maximum Gasteiger partial charge on any atom is 0.0642 e. The molecule has 0 radical (unpaired) electrons. The molecule has 0 bridgehead atoms. The maximum atomic E-state index is 6.35. The van der Waals surface area contributed by atoms with Gasteiger partial charge in [-0.05, 0) is 43.4 Å². The fourth-order valence-corrected chi connectivity index (χ4v) is 2.66. The van der Waals surface area contributed by atoms with Crippen molar-refractivity contribution in [1.29, 1.82) is 0 Å². The highest BCUT2D eigenvalue weighted by molar-refractivity contribution is 6.33. The molecule has 1 aromatic carbocycles. The van der Waals surface area contributed by atoms with Crippen LogP contribution in [-0.2, 0) is 6.42 Å². The van der Waals surface area contributed by atoms with Gasteiger partial charge >= 0.3 is 0 Å². The van der Waals surface area contributed by atoms with Crippen LogP contribution >= 0.6 is 11.6 Å². The average molecular weight is 253 g/mol. The highest BCUT2D eigenvalue weighted by Crippen LogP contribution is 2.29. The van der Waals surface area contributed by atoms with Gasteiger partial charge in [-0.2, -0.15) is 0 Å². The molecule has 0 aromatic heterocycles. The maximum absolute atomic E-state index is 6.35. The second kappa shape index (κ2) is 5.74. The summed E-state index contributed by atoms with van der Waals surface area (Å²) in [5.41, 5.74) is 8.38. The van der Waals surface area contributed by atoms with Crippen LogP contribution in [0, 0.1) is 0 Å². The van der Waals surface area contributed by atoms with Gasteiger partial charge in [0.15, 0.2) is 0 Å². The first-order valence-electron chi connectivity index (χ1n) is 6.49. The smallest absolute Gasteiger partial charge is 0.0642 e. The van der Waals surface area contributed by atoms with E-state index >= 15 is 0 Å². The number of benzene rings is 1. The van der Waals surface area contributed by atoms with Gasteiger partial charge in [0.05, 0.1) is 10.7 Å². The standard InChI is InChI=1S/C14H21ClN2/c1-2-12(16)9-11-5-6-14(13(15)10-11)17-7-3-4-8-17/h5-6,10,12H,2-4,7-9,16H2,1H3. The van der Waals surface area contributed by atoms with Crippen LogP contribution in [0.4, 0.5) is 5.69 Å². The summed E-state index contributed by atoms with van der Waals surface area (Å²) < 4.78 is 0. The van der Waals surface area contributed by atoms with Crippen molar-refractivity contribution in [3.05, 3.63) is 28.8 Å². The van der Waals surface area contributed by atoms with Crippen LogP contribution in [0.1, 0.15) is 31.7 Å². The van der Waals surface area contributed by atoms with Crippen molar-refractivity contribution >= 4 is 17.3 Å². The number of rotatable bonds is 4. The predicted molar refractivity (Wildman–Crippen MR) is 74.9 cm³/mol. The Balaban J connectivity index is 2.10. The molecule has 1 aromatic rings. The quantitative estimate of drug-likeness (QED) is 0.892. The zero-order chi connectivity index (χ0) is 12.3. The Hall–Kier alpha value is -0.730. The molecule has 0 spiro atoms. The number of halogens is 1. The third kappa shape index (κ3) is 3.14. The van der Waals surface area contributed by atoms with E-state index in [1.165, 1.54) is 24.1 Å². The summed E-state index contributed by atoms with van der Waals surface area (Å²) in [6.07, 6.45) is 4.47. The molecule has 0 aliphatic carbocycles. The van der Waals surface area contributed by atoms with E-state index in [1.807, 2.05) is 0 Å². The molecule has 94 valence electrons. The molecule has 1 aliphatic rings. The summed E-state index contributed by atoms with van der Waals surface area (Å²) in [5.74, 6) is 0. The first-order chi connectivity index (χ1) is 8.20. The topological polar surface area (TPSA) is 29.3 Å².